The third-order valence-corrected chi connectivity index (χ3v) is 4.94. The monoisotopic (exact) mass is 254 g/mol. The quantitative estimate of drug-likeness (QED) is 0.784. The van der Waals surface area contributed by atoms with Gasteiger partial charge in [0, 0.05) is 5.54 Å². The maximum Gasteiger partial charge on any atom is 0.408 e. The van der Waals surface area contributed by atoms with Gasteiger partial charge in [0.1, 0.15) is 6.73 Å². The summed E-state index contributed by atoms with van der Waals surface area (Å²) in [6.07, 6.45) is 5.60. The van der Waals surface area contributed by atoms with Gasteiger partial charge in [-0.15, -0.1) is 0 Å². The molecule has 104 valence electrons. The molecule has 0 unspecified atom stereocenters. The van der Waals surface area contributed by atoms with Gasteiger partial charge in [0.05, 0.1) is 0 Å². The number of alkyl carbamates (subject to hydrolysis) is 1. The molecule has 1 N–H and O–H groups in total. The van der Waals surface area contributed by atoms with Gasteiger partial charge >= 0.3 is 6.09 Å². The van der Waals surface area contributed by atoms with Crippen molar-refractivity contribution in [1.29, 1.82) is 0 Å². The van der Waals surface area contributed by atoms with E-state index in [-0.39, 0.29) is 11.6 Å². The molecule has 2 saturated carbocycles. The minimum atomic E-state index is -0.259. The van der Waals surface area contributed by atoms with Crippen molar-refractivity contribution in [1.82, 2.24) is 10.2 Å². The number of ether oxygens (including phenoxy) is 1. The van der Waals surface area contributed by atoms with Crippen LogP contribution in [0.25, 0.3) is 0 Å². The van der Waals surface area contributed by atoms with Crippen LogP contribution < -0.4 is 5.32 Å². The summed E-state index contributed by atoms with van der Waals surface area (Å²) in [5, 5.41) is 3.13. The molecule has 0 aliphatic heterocycles. The Morgan fingerprint density at radius 3 is 2.33 bits per heavy atom. The Hall–Kier alpha value is -0.770. The van der Waals surface area contributed by atoms with Crippen molar-refractivity contribution < 1.29 is 9.53 Å². The zero-order valence-corrected chi connectivity index (χ0v) is 12.1. The van der Waals surface area contributed by atoms with E-state index in [4.69, 9.17) is 4.74 Å². The molecule has 2 bridgehead atoms. The van der Waals surface area contributed by atoms with Crippen LogP contribution in [0.3, 0.4) is 0 Å². The Kier molecular flexibility index (Phi) is 3.58. The summed E-state index contributed by atoms with van der Waals surface area (Å²) in [6.45, 7) is 4.97. The summed E-state index contributed by atoms with van der Waals surface area (Å²) < 4.78 is 5.18. The first kappa shape index (κ1) is 13.7. The molecule has 2 rings (SSSR count). The standard InChI is InChI=1S/C14H26N2O2/c1-11(2)13-5-7-14(9-13,8-6-13)15-12(17)18-10-16(3)4/h11H,5-10H2,1-4H3,(H,15,17). The molecule has 0 atom stereocenters. The van der Waals surface area contributed by atoms with Gasteiger partial charge in [0.25, 0.3) is 0 Å². The smallest absolute Gasteiger partial charge is 0.408 e. The van der Waals surface area contributed by atoms with Crippen LogP contribution in [0.15, 0.2) is 0 Å². The number of nitrogens with zero attached hydrogens (tertiary/aromatic N) is 1. The fraction of sp³-hybridized carbons (Fsp3) is 0.929. The Balaban J connectivity index is 1.90. The lowest BCUT2D eigenvalue weighted by Gasteiger charge is -2.31. The molecule has 0 aromatic rings. The number of hydrogen-bond donors (Lipinski definition) is 1. The van der Waals surface area contributed by atoms with E-state index in [1.54, 1.807) is 0 Å². The molecule has 2 aliphatic rings. The zero-order valence-electron chi connectivity index (χ0n) is 12.1. The number of nitrogens with one attached hydrogen (secondary N) is 1. The van der Waals surface area contributed by atoms with Gasteiger partial charge in [-0.3, -0.25) is 4.90 Å². The number of amides is 1. The number of carbonyl (C=O) groups excluding carboxylic acids is 1. The molecule has 2 aliphatic carbocycles. The van der Waals surface area contributed by atoms with Gasteiger partial charge in [0.15, 0.2) is 0 Å². The molecule has 0 heterocycles. The fourth-order valence-corrected chi connectivity index (χ4v) is 3.64. The molecule has 1 amide bonds. The molecule has 0 aromatic heterocycles. The summed E-state index contributed by atoms with van der Waals surface area (Å²) in [6, 6.07) is 0. The van der Waals surface area contributed by atoms with Gasteiger partial charge in [0.2, 0.25) is 0 Å². The van der Waals surface area contributed by atoms with Crippen LogP contribution in [0.2, 0.25) is 0 Å². The van der Waals surface area contributed by atoms with Gasteiger partial charge in [-0.1, -0.05) is 13.8 Å². The van der Waals surface area contributed by atoms with E-state index in [9.17, 15) is 4.79 Å². The predicted molar refractivity (Wildman–Crippen MR) is 71.3 cm³/mol. The van der Waals surface area contributed by atoms with Crippen molar-refractivity contribution in [3.05, 3.63) is 0 Å². The van der Waals surface area contributed by atoms with Crippen LogP contribution in [0.1, 0.15) is 46.0 Å². The summed E-state index contributed by atoms with van der Waals surface area (Å²) in [5.74, 6) is 0.710. The number of fused-ring (bicyclic) bond motifs is 2. The first-order chi connectivity index (χ1) is 8.38. The van der Waals surface area contributed by atoms with Crippen LogP contribution in [0.4, 0.5) is 4.79 Å². The summed E-state index contributed by atoms with van der Waals surface area (Å²) in [5.41, 5.74) is 0.489. The summed E-state index contributed by atoms with van der Waals surface area (Å²) in [7, 11) is 3.78. The Morgan fingerprint density at radius 1 is 1.28 bits per heavy atom. The van der Waals surface area contributed by atoms with Crippen molar-refractivity contribution in [2.75, 3.05) is 20.8 Å². The molecule has 4 heteroatoms. The van der Waals surface area contributed by atoms with Crippen molar-refractivity contribution in [2.45, 2.75) is 51.5 Å². The molecule has 0 spiro atoms. The van der Waals surface area contributed by atoms with E-state index in [0.717, 1.165) is 19.3 Å². The normalized spacial score (nSPS) is 34.3. The lowest BCUT2D eigenvalue weighted by Crippen LogP contribution is -2.45. The second-order valence-corrected chi connectivity index (χ2v) is 6.74. The highest BCUT2D eigenvalue weighted by Gasteiger charge is 2.56. The predicted octanol–water partition coefficient (Wildman–Crippen LogP) is 2.59. The van der Waals surface area contributed by atoms with Crippen LogP contribution in [0, 0.1) is 11.3 Å². The lowest BCUT2D eigenvalue weighted by atomic mass is 9.75. The minimum Gasteiger partial charge on any atom is -0.433 e. The van der Waals surface area contributed by atoms with Crippen LogP contribution >= 0.6 is 0 Å². The lowest BCUT2D eigenvalue weighted by molar-refractivity contribution is 0.0865. The third-order valence-electron chi connectivity index (χ3n) is 4.94. The first-order valence-corrected chi connectivity index (χ1v) is 6.97. The van der Waals surface area contributed by atoms with Gasteiger partial charge in [-0.05, 0) is 57.5 Å². The SMILES string of the molecule is CC(C)C12CCC(NC(=O)OCN(C)C)(CC1)C2. The average molecular weight is 254 g/mol. The molecular formula is C14H26N2O2. The minimum absolute atomic E-state index is 0.0215. The number of carbonyl (C=O) groups is 1. The highest BCUT2D eigenvalue weighted by molar-refractivity contribution is 5.68. The number of rotatable bonds is 4. The number of hydrogen-bond acceptors (Lipinski definition) is 3. The molecule has 0 aromatic carbocycles. The third kappa shape index (κ3) is 2.48. The van der Waals surface area contributed by atoms with E-state index >= 15 is 0 Å². The van der Waals surface area contributed by atoms with Crippen molar-refractivity contribution >= 4 is 6.09 Å². The Morgan fingerprint density at radius 2 is 1.89 bits per heavy atom. The molecular weight excluding hydrogens is 228 g/mol. The molecule has 0 radical (unpaired) electrons. The van der Waals surface area contributed by atoms with E-state index in [0.29, 0.717) is 18.1 Å². The summed E-state index contributed by atoms with van der Waals surface area (Å²) in [4.78, 5) is 13.6. The maximum atomic E-state index is 11.8. The van der Waals surface area contributed by atoms with Gasteiger partial charge in [-0.25, -0.2) is 4.79 Å². The van der Waals surface area contributed by atoms with Crippen molar-refractivity contribution in [3.63, 3.8) is 0 Å². The van der Waals surface area contributed by atoms with E-state index in [1.165, 1.54) is 12.8 Å². The van der Waals surface area contributed by atoms with Gasteiger partial charge < -0.3 is 10.1 Å². The molecule has 18 heavy (non-hydrogen) atoms. The summed E-state index contributed by atoms with van der Waals surface area (Å²) >= 11 is 0. The van der Waals surface area contributed by atoms with E-state index < -0.39 is 0 Å². The topological polar surface area (TPSA) is 41.6 Å². The first-order valence-electron chi connectivity index (χ1n) is 6.97. The maximum absolute atomic E-state index is 11.8. The highest BCUT2D eigenvalue weighted by Crippen LogP contribution is 2.59. The molecule has 4 nitrogen and oxygen atoms in total. The van der Waals surface area contributed by atoms with Gasteiger partial charge in [-0.2, -0.15) is 0 Å². The Bertz CT molecular complexity index is 318. The van der Waals surface area contributed by atoms with Crippen molar-refractivity contribution in [2.24, 2.45) is 11.3 Å². The largest absolute Gasteiger partial charge is 0.433 e. The highest BCUT2D eigenvalue weighted by atomic mass is 16.6. The van der Waals surface area contributed by atoms with E-state index in [2.05, 4.69) is 19.2 Å². The van der Waals surface area contributed by atoms with Crippen molar-refractivity contribution in [3.8, 4) is 0 Å². The second-order valence-electron chi connectivity index (χ2n) is 6.74. The van der Waals surface area contributed by atoms with Crippen LogP contribution in [0.5, 0.6) is 0 Å². The second kappa shape index (κ2) is 4.72. The Labute approximate surface area is 110 Å². The molecule has 0 saturated heterocycles. The van der Waals surface area contributed by atoms with Crippen LogP contribution in [-0.2, 0) is 4.74 Å². The van der Waals surface area contributed by atoms with E-state index in [1.807, 2.05) is 19.0 Å². The average Bonchev–Trinajstić information content (AvgIpc) is 2.83. The fourth-order valence-electron chi connectivity index (χ4n) is 3.64. The zero-order chi connectivity index (χ0) is 13.4. The van der Waals surface area contributed by atoms with Crippen LogP contribution in [-0.4, -0.2) is 37.4 Å². The molecule has 2 fully saturated rings.